The van der Waals surface area contributed by atoms with Gasteiger partial charge in [-0.3, -0.25) is 9.69 Å². The molecule has 39 heavy (non-hydrogen) atoms. The molecule has 5 nitrogen and oxygen atoms in total. The molecule has 1 N–H and O–H groups in total. The highest BCUT2D eigenvalue weighted by Crippen LogP contribution is 2.40. The van der Waals surface area contributed by atoms with Crippen LogP contribution in [0.4, 0.5) is 0 Å². The summed E-state index contributed by atoms with van der Waals surface area (Å²) in [5.41, 5.74) is 1.75. The first-order valence-corrected chi connectivity index (χ1v) is 14.5. The van der Waals surface area contributed by atoms with Crippen molar-refractivity contribution in [1.29, 1.82) is 0 Å². The van der Waals surface area contributed by atoms with Crippen molar-refractivity contribution in [1.82, 2.24) is 9.80 Å². The first-order chi connectivity index (χ1) is 18.9. The summed E-state index contributed by atoms with van der Waals surface area (Å²) in [6.45, 7) is 3.99. The lowest BCUT2D eigenvalue weighted by Gasteiger charge is -2.44. The van der Waals surface area contributed by atoms with Crippen molar-refractivity contribution in [3.63, 3.8) is 0 Å². The van der Waals surface area contributed by atoms with E-state index in [0.29, 0.717) is 48.3 Å². The molecule has 0 saturated carbocycles. The van der Waals surface area contributed by atoms with E-state index in [0.717, 1.165) is 50.0 Å². The fraction of sp³-hybridized carbons (Fsp3) is 0.406. The number of piperidine rings is 2. The van der Waals surface area contributed by atoms with Crippen molar-refractivity contribution in [2.75, 3.05) is 39.5 Å². The van der Waals surface area contributed by atoms with Crippen LogP contribution in [0, 0.1) is 0 Å². The molecule has 3 aromatic rings. The van der Waals surface area contributed by atoms with Crippen LogP contribution < -0.4 is 0 Å². The second-order valence-corrected chi connectivity index (χ2v) is 11.7. The molecule has 2 aliphatic rings. The second-order valence-electron chi connectivity index (χ2n) is 10.9. The predicted octanol–water partition coefficient (Wildman–Crippen LogP) is 6.52. The number of halogens is 2. The lowest BCUT2D eigenvalue weighted by molar-refractivity contribution is -0.0611. The summed E-state index contributed by atoms with van der Waals surface area (Å²) >= 11 is 12.7. The third-order valence-electron chi connectivity index (χ3n) is 8.41. The highest BCUT2D eigenvalue weighted by atomic mass is 35.5. The van der Waals surface area contributed by atoms with Gasteiger partial charge in [-0.15, -0.1) is 0 Å². The average Bonchev–Trinajstić information content (AvgIpc) is 2.98. The molecule has 0 aliphatic carbocycles. The number of rotatable bonds is 8. The van der Waals surface area contributed by atoms with Crippen LogP contribution in [-0.2, 0) is 15.8 Å². The summed E-state index contributed by atoms with van der Waals surface area (Å²) in [6, 6.07) is 25.3. The first-order valence-electron chi connectivity index (χ1n) is 13.8. The Morgan fingerprint density at radius 1 is 0.846 bits per heavy atom. The van der Waals surface area contributed by atoms with Crippen LogP contribution in [-0.4, -0.2) is 60.3 Å². The fourth-order valence-corrected chi connectivity index (χ4v) is 6.33. The quantitative estimate of drug-likeness (QED) is 0.315. The summed E-state index contributed by atoms with van der Waals surface area (Å²) in [6.07, 6.45) is 3.99. The zero-order chi connectivity index (χ0) is 27.3. The number of likely N-dealkylation sites (tertiary alicyclic amines) is 2. The summed E-state index contributed by atoms with van der Waals surface area (Å²) in [7, 11) is 0. The Morgan fingerprint density at radius 2 is 1.54 bits per heavy atom. The van der Waals surface area contributed by atoms with Crippen molar-refractivity contribution in [3.8, 4) is 0 Å². The minimum Gasteiger partial charge on any atom is -0.385 e. The van der Waals surface area contributed by atoms with E-state index >= 15 is 0 Å². The van der Waals surface area contributed by atoms with Gasteiger partial charge in [-0.05, 0) is 67.5 Å². The molecule has 0 spiro atoms. The van der Waals surface area contributed by atoms with Crippen molar-refractivity contribution < 1.29 is 14.6 Å². The molecular weight excluding hydrogens is 531 g/mol. The summed E-state index contributed by atoms with van der Waals surface area (Å²) < 4.78 is 6.21. The van der Waals surface area contributed by atoms with E-state index < -0.39 is 5.60 Å². The molecule has 1 amide bonds. The number of amides is 1. The third kappa shape index (κ3) is 6.50. The van der Waals surface area contributed by atoms with E-state index in [2.05, 4.69) is 4.90 Å². The van der Waals surface area contributed by atoms with Gasteiger partial charge in [-0.2, -0.15) is 0 Å². The smallest absolute Gasteiger partial charge is 0.253 e. The summed E-state index contributed by atoms with van der Waals surface area (Å²) in [5.74, 6) is 0.0554. The van der Waals surface area contributed by atoms with Crippen LogP contribution in [0.2, 0.25) is 10.0 Å². The maximum atomic E-state index is 13.4. The molecule has 7 heteroatoms. The monoisotopic (exact) mass is 566 g/mol. The number of benzene rings is 3. The van der Waals surface area contributed by atoms with Gasteiger partial charge in [0.25, 0.3) is 5.91 Å². The van der Waals surface area contributed by atoms with E-state index in [1.807, 2.05) is 83.8 Å². The Labute approximate surface area is 241 Å². The molecular formula is C32H36Cl2N2O3. The number of nitrogens with zero attached hydrogens (tertiary/aromatic N) is 2. The molecule has 0 radical (unpaired) electrons. The molecule has 206 valence electrons. The van der Waals surface area contributed by atoms with E-state index in [1.54, 1.807) is 0 Å². The Kier molecular flexibility index (Phi) is 8.95. The zero-order valence-electron chi connectivity index (χ0n) is 22.2. The van der Waals surface area contributed by atoms with Gasteiger partial charge in [0.1, 0.15) is 0 Å². The maximum absolute atomic E-state index is 13.4. The summed E-state index contributed by atoms with van der Waals surface area (Å²) in [5, 5.41) is 12.2. The Morgan fingerprint density at radius 3 is 2.23 bits per heavy atom. The van der Waals surface area contributed by atoms with Crippen molar-refractivity contribution in [2.24, 2.45) is 0 Å². The van der Waals surface area contributed by atoms with Crippen molar-refractivity contribution in [3.05, 3.63) is 106 Å². The van der Waals surface area contributed by atoms with Crippen LogP contribution in [0.3, 0.4) is 0 Å². The lowest BCUT2D eigenvalue weighted by Crippen LogP contribution is -2.49. The van der Waals surface area contributed by atoms with Gasteiger partial charge in [-0.1, -0.05) is 77.8 Å². The van der Waals surface area contributed by atoms with Gasteiger partial charge < -0.3 is 14.7 Å². The normalized spacial score (nSPS) is 21.6. The van der Waals surface area contributed by atoms with E-state index in [1.165, 1.54) is 0 Å². The summed E-state index contributed by atoms with van der Waals surface area (Å²) in [4.78, 5) is 17.6. The van der Waals surface area contributed by atoms with E-state index in [9.17, 15) is 9.90 Å². The molecule has 0 aromatic heterocycles. The van der Waals surface area contributed by atoms with Gasteiger partial charge >= 0.3 is 0 Å². The van der Waals surface area contributed by atoms with Crippen LogP contribution in [0.25, 0.3) is 0 Å². The largest absolute Gasteiger partial charge is 0.385 e. The Balaban J connectivity index is 1.23. The van der Waals surface area contributed by atoms with Crippen LogP contribution in [0.1, 0.15) is 53.6 Å². The SMILES string of the molecule is O=C(c1ccccc1)N1CCCC(CCOCN2CCC(O)(c3ccccc3)CC2)(c2ccc(Cl)c(Cl)c2)C1. The molecule has 2 saturated heterocycles. The standard InChI is InChI=1S/C32H36Cl2N2O3/c33-28-13-12-27(22-29(28)34)31(14-7-18-36(23-31)30(37)25-8-3-1-4-9-25)17-21-39-24-35-19-15-32(38,16-20-35)26-10-5-2-6-11-26/h1-6,8-13,22,38H,7,14-21,23-24H2. The van der Waals surface area contributed by atoms with Crippen molar-refractivity contribution in [2.45, 2.75) is 43.1 Å². The number of aliphatic hydroxyl groups is 1. The fourth-order valence-electron chi connectivity index (χ4n) is 6.03. The Hall–Kier alpha value is -2.41. The number of ether oxygens (including phenoxy) is 1. The number of carbonyl (C=O) groups excluding carboxylic acids is 1. The van der Waals surface area contributed by atoms with E-state index in [-0.39, 0.29) is 11.3 Å². The number of hydrogen-bond acceptors (Lipinski definition) is 4. The predicted molar refractivity (Wildman–Crippen MR) is 156 cm³/mol. The topological polar surface area (TPSA) is 53.0 Å². The minimum atomic E-state index is -0.771. The van der Waals surface area contributed by atoms with E-state index in [4.69, 9.17) is 27.9 Å². The maximum Gasteiger partial charge on any atom is 0.253 e. The number of carbonyl (C=O) groups is 1. The van der Waals surface area contributed by atoms with Crippen LogP contribution in [0.5, 0.6) is 0 Å². The van der Waals surface area contributed by atoms with Gasteiger partial charge in [0.15, 0.2) is 0 Å². The van der Waals surface area contributed by atoms with Gasteiger partial charge in [0.2, 0.25) is 0 Å². The molecule has 2 heterocycles. The average molecular weight is 568 g/mol. The molecule has 1 unspecified atom stereocenters. The van der Waals surface area contributed by atoms with Gasteiger partial charge in [0.05, 0.1) is 22.4 Å². The number of hydrogen-bond donors (Lipinski definition) is 1. The highest BCUT2D eigenvalue weighted by molar-refractivity contribution is 6.42. The first kappa shape index (κ1) is 28.1. The van der Waals surface area contributed by atoms with Gasteiger partial charge in [-0.25, -0.2) is 0 Å². The molecule has 1 atom stereocenters. The molecule has 5 rings (SSSR count). The molecule has 2 aliphatic heterocycles. The minimum absolute atomic E-state index is 0.0554. The molecule has 3 aromatic carbocycles. The highest BCUT2D eigenvalue weighted by Gasteiger charge is 2.39. The lowest BCUT2D eigenvalue weighted by atomic mass is 9.71. The Bertz CT molecular complexity index is 1250. The van der Waals surface area contributed by atoms with Crippen LogP contribution in [0.15, 0.2) is 78.9 Å². The van der Waals surface area contributed by atoms with Crippen LogP contribution >= 0.6 is 23.2 Å². The van der Waals surface area contributed by atoms with Crippen molar-refractivity contribution >= 4 is 29.1 Å². The third-order valence-corrected chi connectivity index (χ3v) is 9.15. The molecule has 0 bridgehead atoms. The van der Waals surface area contributed by atoms with Gasteiger partial charge in [0, 0.05) is 43.8 Å². The molecule has 2 fully saturated rings. The second kappa shape index (κ2) is 12.4. The zero-order valence-corrected chi connectivity index (χ0v) is 23.7.